The summed E-state index contributed by atoms with van der Waals surface area (Å²) in [5.74, 6) is -0.946. The van der Waals surface area contributed by atoms with Gasteiger partial charge in [-0.2, -0.15) is 0 Å². The largest absolute Gasteiger partial charge is 0.475 e. The van der Waals surface area contributed by atoms with E-state index >= 15 is 0 Å². The molecular weight excluding hydrogens is 187 g/mol. The molecule has 0 aliphatic heterocycles. The topological polar surface area (TPSA) is 50.4 Å². The van der Waals surface area contributed by atoms with Crippen LogP contribution in [0.1, 0.15) is 24.4 Å². The smallest absolute Gasteiger partial charge is 0.371 e. The molecule has 0 aromatic carbocycles. The van der Waals surface area contributed by atoms with Gasteiger partial charge in [-0.25, -0.2) is 4.79 Å². The molecule has 0 atom stereocenters. The zero-order valence-corrected chi connectivity index (χ0v) is 8.67. The third-order valence-corrected chi connectivity index (χ3v) is 4.27. The third-order valence-electron chi connectivity index (χ3n) is 1.88. The number of carbonyl (C=O) groups is 1. The van der Waals surface area contributed by atoms with Crippen molar-refractivity contribution in [2.45, 2.75) is 13.8 Å². The minimum Gasteiger partial charge on any atom is -0.475 e. The highest BCUT2D eigenvalue weighted by atomic mass is 31.1. The molecule has 4 heteroatoms. The van der Waals surface area contributed by atoms with E-state index in [-0.39, 0.29) is 13.7 Å². The summed E-state index contributed by atoms with van der Waals surface area (Å²) in [7, 11) is -0.285. The molecule has 13 heavy (non-hydrogen) atoms. The van der Waals surface area contributed by atoms with E-state index in [4.69, 9.17) is 9.52 Å². The van der Waals surface area contributed by atoms with E-state index in [0.29, 0.717) is 0 Å². The van der Waals surface area contributed by atoms with E-state index in [1.165, 1.54) is 6.07 Å². The summed E-state index contributed by atoms with van der Waals surface area (Å²) in [5, 5.41) is 8.64. The van der Waals surface area contributed by atoms with Crippen LogP contribution in [-0.4, -0.2) is 23.4 Å². The first-order valence-corrected chi connectivity index (χ1v) is 5.98. The van der Waals surface area contributed by atoms with Crippen LogP contribution in [0.5, 0.6) is 0 Å². The van der Waals surface area contributed by atoms with E-state index in [1.54, 1.807) is 6.07 Å². The Kier molecular flexibility index (Phi) is 3.49. The number of furan rings is 1. The van der Waals surface area contributed by atoms with Crippen molar-refractivity contribution in [1.82, 2.24) is 0 Å². The maximum absolute atomic E-state index is 10.5. The zero-order chi connectivity index (χ0) is 9.84. The molecule has 0 aliphatic rings. The first-order chi connectivity index (χ1) is 6.19. The first-order valence-electron chi connectivity index (χ1n) is 4.27. The summed E-state index contributed by atoms with van der Waals surface area (Å²) in [4.78, 5) is 10.5. The number of carboxylic acids is 1. The Morgan fingerprint density at radius 3 is 2.46 bits per heavy atom. The lowest BCUT2D eigenvalue weighted by molar-refractivity contribution is 0.0664. The monoisotopic (exact) mass is 200 g/mol. The molecule has 0 amide bonds. The van der Waals surface area contributed by atoms with Gasteiger partial charge in [-0.3, -0.25) is 0 Å². The van der Waals surface area contributed by atoms with E-state index in [2.05, 4.69) is 13.8 Å². The van der Waals surface area contributed by atoms with E-state index < -0.39 is 5.97 Å². The van der Waals surface area contributed by atoms with Gasteiger partial charge in [-0.15, -0.1) is 0 Å². The van der Waals surface area contributed by atoms with Crippen LogP contribution in [0.4, 0.5) is 0 Å². The molecule has 0 unspecified atom stereocenters. The Balaban J connectivity index is 2.84. The van der Waals surface area contributed by atoms with Crippen molar-refractivity contribution in [1.29, 1.82) is 0 Å². The van der Waals surface area contributed by atoms with Crippen molar-refractivity contribution >= 4 is 19.4 Å². The van der Waals surface area contributed by atoms with Crippen LogP contribution >= 0.6 is 7.92 Å². The highest BCUT2D eigenvalue weighted by Gasteiger charge is 2.14. The Bertz CT molecular complexity index is 289. The maximum Gasteiger partial charge on any atom is 0.371 e. The van der Waals surface area contributed by atoms with Gasteiger partial charge < -0.3 is 9.52 Å². The number of rotatable bonds is 4. The Morgan fingerprint density at radius 2 is 2.08 bits per heavy atom. The van der Waals surface area contributed by atoms with Crippen molar-refractivity contribution in [3.8, 4) is 0 Å². The summed E-state index contributed by atoms with van der Waals surface area (Å²) >= 11 is 0. The maximum atomic E-state index is 10.5. The molecule has 0 saturated carbocycles. The Hall–Kier alpha value is -0.820. The van der Waals surface area contributed by atoms with Crippen molar-refractivity contribution in [3.05, 3.63) is 17.9 Å². The van der Waals surface area contributed by atoms with Crippen molar-refractivity contribution < 1.29 is 14.3 Å². The lowest BCUT2D eigenvalue weighted by Crippen LogP contribution is -2.01. The minimum atomic E-state index is -0.992. The summed E-state index contributed by atoms with van der Waals surface area (Å²) in [6.07, 6.45) is 2.08. The molecule has 1 heterocycles. The Labute approximate surface area is 78.5 Å². The quantitative estimate of drug-likeness (QED) is 0.757. The van der Waals surface area contributed by atoms with Gasteiger partial charge in [0.15, 0.2) is 0 Å². The summed E-state index contributed by atoms with van der Waals surface area (Å²) < 4.78 is 5.22. The first kappa shape index (κ1) is 10.3. The summed E-state index contributed by atoms with van der Waals surface area (Å²) in [6.45, 7) is 4.19. The number of carboxylic acid groups (broad SMARTS) is 1. The number of hydrogen-bond acceptors (Lipinski definition) is 2. The van der Waals surface area contributed by atoms with Gasteiger partial charge in [0.1, 0.15) is 5.50 Å². The molecule has 1 aromatic heterocycles. The second-order valence-corrected chi connectivity index (χ2v) is 5.40. The van der Waals surface area contributed by atoms with E-state index in [9.17, 15) is 4.79 Å². The molecule has 72 valence electrons. The SMILES string of the molecule is CCP(CC)c1ccc(C(=O)O)o1. The molecular formula is C9H13O3P. The zero-order valence-electron chi connectivity index (χ0n) is 7.78. The molecule has 0 saturated heterocycles. The number of hydrogen-bond donors (Lipinski definition) is 1. The fourth-order valence-corrected chi connectivity index (χ4v) is 2.73. The van der Waals surface area contributed by atoms with Crippen molar-refractivity contribution in [2.75, 3.05) is 12.3 Å². The lowest BCUT2D eigenvalue weighted by Gasteiger charge is -2.08. The molecule has 1 N–H and O–H groups in total. The predicted molar refractivity (Wildman–Crippen MR) is 53.3 cm³/mol. The summed E-state index contributed by atoms with van der Waals surface area (Å²) in [5.41, 5.74) is 0.845. The highest BCUT2D eigenvalue weighted by molar-refractivity contribution is 7.65. The van der Waals surface area contributed by atoms with E-state index in [1.807, 2.05) is 0 Å². The standard InChI is InChI=1S/C9H13O3P/c1-3-13(4-2)8-6-5-7(12-8)9(10)11/h5-6H,3-4H2,1-2H3,(H,10,11). The molecule has 1 rings (SSSR count). The minimum absolute atomic E-state index is 0.0457. The van der Waals surface area contributed by atoms with Gasteiger partial charge in [0.25, 0.3) is 0 Å². The van der Waals surface area contributed by atoms with Gasteiger partial charge in [-0.05, 0) is 32.4 Å². The van der Waals surface area contributed by atoms with Gasteiger partial charge in [0.05, 0.1) is 0 Å². The molecule has 1 aromatic rings. The molecule has 3 nitrogen and oxygen atoms in total. The van der Waals surface area contributed by atoms with Crippen LogP contribution in [0.2, 0.25) is 0 Å². The van der Waals surface area contributed by atoms with Crippen molar-refractivity contribution in [3.63, 3.8) is 0 Å². The highest BCUT2D eigenvalue weighted by Crippen LogP contribution is 2.33. The molecule has 0 fully saturated rings. The molecule has 0 bridgehead atoms. The normalized spacial score (nSPS) is 10.7. The third kappa shape index (κ3) is 2.31. The van der Waals surface area contributed by atoms with Gasteiger partial charge in [0.2, 0.25) is 5.76 Å². The molecule has 0 radical (unpaired) electrons. The van der Waals surface area contributed by atoms with Gasteiger partial charge in [0, 0.05) is 0 Å². The fraction of sp³-hybridized carbons (Fsp3) is 0.444. The number of aromatic carboxylic acids is 1. The molecule has 0 spiro atoms. The van der Waals surface area contributed by atoms with Gasteiger partial charge in [-0.1, -0.05) is 13.8 Å². The predicted octanol–water partition coefficient (Wildman–Crippen LogP) is 2.12. The van der Waals surface area contributed by atoms with Crippen LogP contribution in [0.15, 0.2) is 16.5 Å². The van der Waals surface area contributed by atoms with Gasteiger partial charge >= 0.3 is 5.97 Å². The Morgan fingerprint density at radius 1 is 1.46 bits per heavy atom. The van der Waals surface area contributed by atoms with Crippen LogP contribution < -0.4 is 5.50 Å². The summed E-state index contributed by atoms with van der Waals surface area (Å²) in [6, 6.07) is 3.31. The lowest BCUT2D eigenvalue weighted by atomic mass is 10.5. The second kappa shape index (κ2) is 4.43. The van der Waals surface area contributed by atoms with Crippen LogP contribution in [-0.2, 0) is 0 Å². The van der Waals surface area contributed by atoms with E-state index in [0.717, 1.165) is 17.8 Å². The molecule has 0 aliphatic carbocycles. The van der Waals surface area contributed by atoms with Crippen LogP contribution in [0, 0.1) is 0 Å². The van der Waals surface area contributed by atoms with Crippen LogP contribution in [0.3, 0.4) is 0 Å². The average molecular weight is 200 g/mol. The van der Waals surface area contributed by atoms with Crippen LogP contribution in [0.25, 0.3) is 0 Å². The average Bonchev–Trinajstić information content (AvgIpc) is 2.56. The fourth-order valence-electron chi connectivity index (χ4n) is 1.15. The van der Waals surface area contributed by atoms with Crippen molar-refractivity contribution in [2.24, 2.45) is 0 Å². The second-order valence-electron chi connectivity index (χ2n) is 2.62.